The van der Waals surface area contributed by atoms with E-state index >= 15 is 0 Å². The van der Waals surface area contributed by atoms with Crippen LogP contribution in [0.2, 0.25) is 5.02 Å². The Morgan fingerprint density at radius 1 is 1.21 bits per heavy atom. The fourth-order valence-corrected chi connectivity index (χ4v) is 2.44. The molecule has 5 nitrogen and oxygen atoms in total. The van der Waals surface area contributed by atoms with Crippen molar-refractivity contribution >= 4 is 39.7 Å². The van der Waals surface area contributed by atoms with Gasteiger partial charge < -0.3 is 9.47 Å². The van der Waals surface area contributed by atoms with E-state index in [1.807, 2.05) is 24.3 Å². The monoisotopic (exact) mass is 410 g/mol. The number of benzene rings is 2. The number of amides is 1. The highest BCUT2D eigenvalue weighted by atomic mass is 79.9. The van der Waals surface area contributed by atoms with E-state index < -0.39 is 0 Å². The van der Waals surface area contributed by atoms with Gasteiger partial charge in [-0.25, -0.2) is 5.43 Å². The average molecular weight is 412 g/mol. The van der Waals surface area contributed by atoms with Gasteiger partial charge in [-0.05, 0) is 23.8 Å². The number of carbonyl (C=O) groups is 1. The van der Waals surface area contributed by atoms with Gasteiger partial charge >= 0.3 is 0 Å². The molecule has 7 heteroatoms. The van der Waals surface area contributed by atoms with E-state index in [0.717, 1.165) is 10.0 Å². The number of methoxy groups -OCH3 is 2. The van der Waals surface area contributed by atoms with Crippen molar-refractivity contribution < 1.29 is 14.3 Å². The van der Waals surface area contributed by atoms with Crippen LogP contribution in [0.5, 0.6) is 11.5 Å². The summed E-state index contributed by atoms with van der Waals surface area (Å²) in [6, 6.07) is 10.8. The summed E-state index contributed by atoms with van der Waals surface area (Å²) in [6.07, 6.45) is 1.70. The Kier molecular flexibility index (Phi) is 6.63. The van der Waals surface area contributed by atoms with Crippen molar-refractivity contribution in [2.75, 3.05) is 14.2 Å². The molecular weight excluding hydrogens is 396 g/mol. The molecule has 0 aliphatic rings. The molecule has 0 saturated heterocycles. The second-order valence-electron chi connectivity index (χ2n) is 4.83. The van der Waals surface area contributed by atoms with Crippen LogP contribution in [0.4, 0.5) is 0 Å². The Balaban J connectivity index is 2.00. The van der Waals surface area contributed by atoms with Gasteiger partial charge in [-0.15, -0.1) is 0 Å². The molecule has 2 rings (SSSR count). The van der Waals surface area contributed by atoms with Gasteiger partial charge in [-0.2, -0.15) is 5.10 Å². The maximum atomic E-state index is 11.9. The molecular formula is C17H16BrClN2O3. The fraction of sp³-hybridized carbons (Fsp3) is 0.176. The second kappa shape index (κ2) is 8.70. The molecule has 0 unspecified atom stereocenters. The van der Waals surface area contributed by atoms with Crippen LogP contribution in [-0.2, 0) is 11.2 Å². The van der Waals surface area contributed by atoms with Crippen molar-refractivity contribution in [2.24, 2.45) is 5.10 Å². The summed E-state index contributed by atoms with van der Waals surface area (Å²) >= 11 is 9.51. The normalized spacial score (nSPS) is 10.7. The van der Waals surface area contributed by atoms with Gasteiger partial charge in [0.05, 0.1) is 31.9 Å². The van der Waals surface area contributed by atoms with E-state index in [2.05, 4.69) is 26.5 Å². The zero-order chi connectivity index (χ0) is 17.5. The smallest absolute Gasteiger partial charge is 0.244 e. The first-order valence-corrected chi connectivity index (χ1v) is 8.18. The molecule has 0 spiro atoms. The number of hydrogen-bond acceptors (Lipinski definition) is 4. The van der Waals surface area contributed by atoms with Gasteiger partial charge in [0.2, 0.25) is 5.91 Å². The number of rotatable bonds is 6. The summed E-state index contributed by atoms with van der Waals surface area (Å²) in [5.41, 5.74) is 3.98. The van der Waals surface area contributed by atoms with Crippen molar-refractivity contribution in [3.05, 3.63) is 57.0 Å². The quantitative estimate of drug-likeness (QED) is 0.581. The molecule has 0 aliphatic carbocycles. The molecule has 0 atom stereocenters. The third-order valence-electron chi connectivity index (χ3n) is 3.17. The van der Waals surface area contributed by atoms with Gasteiger partial charge in [0.25, 0.3) is 0 Å². The highest BCUT2D eigenvalue weighted by molar-refractivity contribution is 9.10. The van der Waals surface area contributed by atoms with Gasteiger partial charge in [0.1, 0.15) is 0 Å². The molecule has 0 heterocycles. The molecule has 0 aromatic heterocycles. The largest absolute Gasteiger partial charge is 0.493 e. The van der Waals surface area contributed by atoms with Crippen molar-refractivity contribution in [3.8, 4) is 11.5 Å². The molecule has 2 aromatic rings. The van der Waals surface area contributed by atoms with Gasteiger partial charge in [0, 0.05) is 16.1 Å². The molecule has 0 bridgehead atoms. The summed E-state index contributed by atoms with van der Waals surface area (Å²) in [7, 11) is 3.07. The lowest BCUT2D eigenvalue weighted by molar-refractivity contribution is -0.120. The Morgan fingerprint density at radius 2 is 1.83 bits per heavy atom. The van der Waals surface area contributed by atoms with E-state index in [9.17, 15) is 4.79 Å². The number of hydrogen-bond donors (Lipinski definition) is 1. The fourth-order valence-electron chi connectivity index (χ4n) is 1.97. The van der Waals surface area contributed by atoms with Crippen LogP contribution in [0.25, 0.3) is 0 Å². The lowest BCUT2D eigenvalue weighted by Crippen LogP contribution is -2.19. The van der Waals surface area contributed by atoms with Crippen LogP contribution < -0.4 is 14.9 Å². The Hall–Kier alpha value is -2.05. The van der Waals surface area contributed by atoms with E-state index in [4.69, 9.17) is 21.1 Å². The minimum absolute atomic E-state index is 0.217. The van der Waals surface area contributed by atoms with E-state index in [-0.39, 0.29) is 12.3 Å². The number of hydrazone groups is 1. The average Bonchev–Trinajstić information content (AvgIpc) is 2.58. The molecule has 126 valence electrons. The number of nitrogens with zero attached hydrogens (tertiary/aromatic N) is 1. The SMILES string of the molecule is COc1cc(Cl)c(/C=N\NC(=O)Cc2ccc(Br)cc2)cc1OC. The van der Waals surface area contributed by atoms with Crippen LogP contribution in [-0.4, -0.2) is 26.3 Å². The highest BCUT2D eigenvalue weighted by Crippen LogP contribution is 2.32. The maximum Gasteiger partial charge on any atom is 0.244 e. The molecule has 2 aromatic carbocycles. The molecule has 1 amide bonds. The van der Waals surface area contributed by atoms with Crippen LogP contribution in [0.3, 0.4) is 0 Å². The minimum Gasteiger partial charge on any atom is -0.493 e. The molecule has 0 fully saturated rings. The summed E-state index contributed by atoms with van der Waals surface area (Å²) in [4.78, 5) is 11.9. The van der Waals surface area contributed by atoms with Crippen molar-refractivity contribution in [1.29, 1.82) is 0 Å². The zero-order valence-corrected chi connectivity index (χ0v) is 15.5. The number of ether oxygens (including phenoxy) is 2. The summed E-state index contributed by atoms with van der Waals surface area (Å²) in [5.74, 6) is 0.841. The zero-order valence-electron chi connectivity index (χ0n) is 13.2. The van der Waals surface area contributed by atoms with E-state index in [1.165, 1.54) is 20.4 Å². The van der Waals surface area contributed by atoms with Crippen molar-refractivity contribution in [1.82, 2.24) is 5.43 Å². The maximum absolute atomic E-state index is 11.9. The van der Waals surface area contributed by atoms with Crippen molar-refractivity contribution in [2.45, 2.75) is 6.42 Å². The van der Waals surface area contributed by atoms with Crippen LogP contribution in [0.1, 0.15) is 11.1 Å². The summed E-state index contributed by atoms with van der Waals surface area (Å²) < 4.78 is 11.3. The van der Waals surface area contributed by atoms with Crippen molar-refractivity contribution in [3.63, 3.8) is 0 Å². The summed E-state index contributed by atoms with van der Waals surface area (Å²) in [5, 5.41) is 4.38. The Labute approximate surface area is 153 Å². The molecule has 1 N–H and O–H groups in total. The topological polar surface area (TPSA) is 59.9 Å². The predicted molar refractivity (Wildman–Crippen MR) is 98.1 cm³/mol. The summed E-state index contributed by atoms with van der Waals surface area (Å²) in [6.45, 7) is 0. The Bertz CT molecular complexity index is 748. The third kappa shape index (κ3) is 4.97. The standard InChI is InChI=1S/C17H16BrClN2O3/c1-23-15-8-12(14(19)9-16(15)24-2)10-20-21-17(22)7-11-3-5-13(18)6-4-11/h3-6,8-10H,7H2,1-2H3,(H,21,22)/b20-10-. The van der Waals surface area contributed by atoms with Crippen LogP contribution >= 0.6 is 27.5 Å². The first kappa shape index (κ1) is 18.3. The lowest BCUT2D eigenvalue weighted by Gasteiger charge is -2.09. The lowest BCUT2D eigenvalue weighted by atomic mass is 10.1. The number of carbonyl (C=O) groups excluding carboxylic acids is 1. The minimum atomic E-state index is -0.217. The molecule has 0 aliphatic heterocycles. The van der Waals surface area contributed by atoms with Crippen LogP contribution in [0.15, 0.2) is 46.0 Å². The second-order valence-corrected chi connectivity index (χ2v) is 6.15. The van der Waals surface area contributed by atoms with E-state index in [0.29, 0.717) is 22.1 Å². The third-order valence-corrected chi connectivity index (χ3v) is 4.03. The number of halogens is 2. The number of nitrogens with one attached hydrogen (secondary N) is 1. The molecule has 0 saturated carbocycles. The van der Waals surface area contributed by atoms with Gasteiger partial charge in [0.15, 0.2) is 11.5 Å². The molecule has 0 radical (unpaired) electrons. The highest BCUT2D eigenvalue weighted by Gasteiger charge is 2.08. The van der Waals surface area contributed by atoms with Gasteiger partial charge in [-0.1, -0.05) is 39.7 Å². The molecule has 24 heavy (non-hydrogen) atoms. The Morgan fingerprint density at radius 3 is 2.46 bits per heavy atom. The van der Waals surface area contributed by atoms with Gasteiger partial charge in [-0.3, -0.25) is 4.79 Å². The van der Waals surface area contributed by atoms with E-state index in [1.54, 1.807) is 12.1 Å². The first-order valence-electron chi connectivity index (χ1n) is 7.01. The first-order chi connectivity index (χ1) is 11.5. The van der Waals surface area contributed by atoms with Crippen LogP contribution in [0, 0.1) is 0 Å². The predicted octanol–water partition coefficient (Wildman–Crippen LogP) is 3.81.